The van der Waals surface area contributed by atoms with Crippen LogP contribution in [0.15, 0.2) is 47.8 Å². The van der Waals surface area contributed by atoms with E-state index < -0.39 is 6.04 Å². The zero-order valence-corrected chi connectivity index (χ0v) is 15.2. The van der Waals surface area contributed by atoms with Gasteiger partial charge in [0.05, 0.1) is 0 Å². The number of nitrogens with zero attached hydrogens (tertiary/aromatic N) is 2. The minimum absolute atomic E-state index is 0.0138. The van der Waals surface area contributed by atoms with E-state index in [0.717, 1.165) is 19.6 Å². The standard InChI is InChI=1S/C19H23N3O2S/c1-15(20-18(23)16-6-3-2-4-7-16)19(24)22-11-9-21(10-12-22)14-17-8-5-13-25-17/h2-8,13,15H,9-12,14H2,1H3,(H,20,23). The predicted octanol–water partition coefficient (Wildman–Crippen LogP) is 2.21. The van der Waals surface area contributed by atoms with E-state index in [0.29, 0.717) is 18.7 Å². The molecule has 2 aromatic rings. The van der Waals surface area contributed by atoms with Gasteiger partial charge in [0, 0.05) is 43.2 Å². The normalized spacial score (nSPS) is 16.4. The van der Waals surface area contributed by atoms with E-state index in [-0.39, 0.29) is 11.8 Å². The summed E-state index contributed by atoms with van der Waals surface area (Å²) in [6, 6.07) is 12.7. The number of carbonyl (C=O) groups excluding carboxylic acids is 2. The van der Waals surface area contributed by atoms with Gasteiger partial charge in [-0.3, -0.25) is 14.5 Å². The van der Waals surface area contributed by atoms with Crippen LogP contribution in [0.25, 0.3) is 0 Å². The second-order valence-electron chi connectivity index (χ2n) is 6.24. The van der Waals surface area contributed by atoms with Crippen molar-refractivity contribution < 1.29 is 9.59 Å². The van der Waals surface area contributed by atoms with E-state index in [1.165, 1.54) is 4.88 Å². The number of nitrogens with one attached hydrogen (secondary N) is 1. The summed E-state index contributed by atoms with van der Waals surface area (Å²) in [5, 5.41) is 4.89. The molecule has 1 aliphatic heterocycles. The summed E-state index contributed by atoms with van der Waals surface area (Å²) in [7, 11) is 0. The molecule has 3 rings (SSSR count). The minimum Gasteiger partial charge on any atom is -0.341 e. The smallest absolute Gasteiger partial charge is 0.251 e. The van der Waals surface area contributed by atoms with Crippen LogP contribution < -0.4 is 5.32 Å². The van der Waals surface area contributed by atoms with Gasteiger partial charge in [0.15, 0.2) is 0 Å². The molecule has 2 amide bonds. The quantitative estimate of drug-likeness (QED) is 0.893. The van der Waals surface area contributed by atoms with Gasteiger partial charge in [-0.15, -0.1) is 11.3 Å². The Kier molecular flexibility index (Phi) is 5.83. The zero-order chi connectivity index (χ0) is 17.6. The first-order valence-corrected chi connectivity index (χ1v) is 9.41. The number of hydrogen-bond acceptors (Lipinski definition) is 4. The Morgan fingerprint density at radius 3 is 2.44 bits per heavy atom. The van der Waals surface area contributed by atoms with Crippen molar-refractivity contribution in [2.24, 2.45) is 0 Å². The van der Waals surface area contributed by atoms with Crippen molar-refractivity contribution in [1.82, 2.24) is 15.1 Å². The fourth-order valence-electron chi connectivity index (χ4n) is 2.95. The molecule has 1 N–H and O–H groups in total. The molecule has 132 valence electrons. The minimum atomic E-state index is -0.517. The molecule has 1 saturated heterocycles. The van der Waals surface area contributed by atoms with Gasteiger partial charge in [-0.2, -0.15) is 0 Å². The van der Waals surface area contributed by atoms with Gasteiger partial charge in [0.25, 0.3) is 5.91 Å². The Morgan fingerprint density at radius 2 is 1.80 bits per heavy atom. The molecular weight excluding hydrogens is 334 g/mol. The second-order valence-corrected chi connectivity index (χ2v) is 7.27. The average molecular weight is 357 g/mol. The topological polar surface area (TPSA) is 52.7 Å². The number of carbonyl (C=O) groups is 2. The summed E-state index contributed by atoms with van der Waals surface area (Å²) < 4.78 is 0. The third-order valence-corrected chi connectivity index (χ3v) is 5.26. The zero-order valence-electron chi connectivity index (χ0n) is 14.4. The van der Waals surface area contributed by atoms with Crippen LogP contribution in [0.4, 0.5) is 0 Å². The van der Waals surface area contributed by atoms with E-state index in [1.54, 1.807) is 30.4 Å². The Balaban J connectivity index is 1.47. The highest BCUT2D eigenvalue weighted by Crippen LogP contribution is 2.14. The number of thiophene rings is 1. The maximum absolute atomic E-state index is 12.6. The summed E-state index contributed by atoms with van der Waals surface area (Å²) in [4.78, 5) is 30.3. The lowest BCUT2D eigenvalue weighted by molar-refractivity contribution is -0.134. The molecule has 6 heteroatoms. The monoisotopic (exact) mass is 357 g/mol. The molecule has 1 atom stereocenters. The summed E-state index contributed by atoms with van der Waals surface area (Å²) in [6.07, 6.45) is 0. The molecule has 0 bridgehead atoms. The highest BCUT2D eigenvalue weighted by atomic mass is 32.1. The van der Waals surface area contributed by atoms with E-state index in [1.807, 2.05) is 23.1 Å². The number of piperazine rings is 1. The fraction of sp³-hybridized carbons (Fsp3) is 0.368. The molecule has 1 unspecified atom stereocenters. The van der Waals surface area contributed by atoms with E-state index in [9.17, 15) is 9.59 Å². The predicted molar refractivity (Wildman–Crippen MR) is 99.5 cm³/mol. The largest absolute Gasteiger partial charge is 0.341 e. The van der Waals surface area contributed by atoms with Crippen LogP contribution >= 0.6 is 11.3 Å². The van der Waals surface area contributed by atoms with Crippen molar-refractivity contribution in [2.75, 3.05) is 26.2 Å². The van der Waals surface area contributed by atoms with Gasteiger partial charge in [0.1, 0.15) is 6.04 Å². The van der Waals surface area contributed by atoms with Gasteiger partial charge in [0.2, 0.25) is 5.91 Å². The molecule has 1 aromatic heterocycles. The molecule has 0 radical (unpaired) electrons. The average Bonchev–Trinajstić information content (AvgIpc) is 3.15. The molecule has 1 aromatic carbocycles. The number of amides is 2. The first-order chi connectivity index (χ1) is 12.1. The Hall–Kier alpha value is -2.18. The van der Waals surface area contributed by atoms with Gasteiger partial charge in [-0.25, -0.2) is 0 Å². The van der Waals surface area contributed by atoms with Gasteiger partial charge >= 0.3 is 0 Å². The summed E-state index contributed by atoms with van der Waals surface area (Å²) in [5.41, 5.74) is 0.572. The highest BCUT2D eigenvalue weighted by Gasteiger charge is 2.26. The van der Waals surface area contributed by atoms with Crippen LogP contribution in [0.1, 0.15) is 22.2 Å². The number of hydrogen-bond donors (Lipinski definition) is 1. The molecule has 2 heterocycles. The molecule has 1 fully saturated rings. The first kappa shape index (κ1) is 17.6. The molecule has 0 aliphatic carbocycles. The van der Waals surface area contributed by atoms with Gasteiger partial charge < -0.3 is 10.2 Å². The maximum atomic E-state index is 12.6. The van der Waals surface area contributed by atoms with Crippen molar-refractivity contribution in [1.29, 1.82) is 0 Å². The van der Waals surface area contributed by atoms with Crippen LogP contribution in [0.5, 0.6) is 0 Å². The van der Waals surface area contributed by atoms with Crippen molar-refractivity contribution in [3.63, 3.8) is 0 Å². The van der Waals surface area contributed by atoms with Gasteiger partial charge in [-0.05, 0) is 30.5 Å². The van der Waals surface area contributed by atoms with Crippen molar-refractivity contribution in [3.8, 4) is 0 Å². The maximum Gasteiger partial charge on any atom is 0.251 e. The Labute approximate surface area is 152 Å². The third-order valence-electron chi connectivity index (χ3n) is 4.40. The van der Waals surface area contributed by atoms with Crippen molar-refractivity contribution >= 4 is 23.2 Å². The number of benzene rings is 1. The van der Waals surface area contributed by atoms with Crippen LogP contribution in [0, 0.1) is 0 Å². The van der Waals surface area contributed by atoms with Crippen LogP contribution in [0.2, 0.25) is 0 Å². The Morgan fingerprint density at radius 1 is 1.08 bits per heavy atom. The summed E-state index contributed by atoms with van der Waals surface area (Å²) >= 11 is 1.76. The summed E-state index contributed by atoms with van der Waals surface area (Å²) in [5.74, 6) is -0.224. The molecule has 1 aliphatic rings. The third kappa shape index (κ3) is 4.67. The second kappa shape index (κ2) is 8.27. The van der Waals surface area contributed by atoms with Crippen LogP contribution in [-0.2, 0) is 11.3 Å². The molecular formula is C19H23N3O2S. The first-order valence-electron chi connectivity index (χ1n) is 8.53. The molecule has 25 heavy (non-hydrogen) atoms. The number of rotatable bonds is 5. The van der Waals surface area contributed by atoms with E-state index in [4.69, 9.17) is 0 Å². The van der Waals surface area contributed by atoms with Crippen LogP contribution in [0.3, 0.4) is 0 Å². The highest BCUT2D eigenvalue weighted by molar-refractivity contribution is 7.09. The lowest BCUT2D eigenvalue weighted by atomic mass is 10.2. The van der Waals surface area contributed by atoms with E-state index in [2.05, 4.69) is 27.7 Å². The molecule has 0 spiro atoms. The Bertz CT molecular complexity index is 695. The van der Waals surface area contributed by atoms with Gasteiger partial charge in [-0.1, -0.05) is 24.3 Å². The molecule has 5 nitrogen and oxygen atoms in total. The van der Waals surface area contributed by atoms with Crippen molar-refractivity contribution in [3.05, 3.63) is 58.3 Å². The van der Waals surface area contributed by atoms with Crippen molar-refractivity contribution in [2.45, 2.75) is 19.5 Å². The summed E-state index contributed by atoms with van der Waals surface area (Å²) in [6.45, 7) is 5.83. The SMILES string of the molecule is CC(NC(=O)c1ccccc1)C(=O)N1CCN(Cc2cccs2)CC1. The van der Waals surface area contributed by atoms with Crippen LogP contribution in [-0.4, -0.2) is 53.8 Å². The lowest BCUT2D eigenvalue weighted by Crippen LogP contribution is -2.53. The van der Waals surface area contributed by atoms with E-state index >= 15 is 0 Å². The fourth-order valence-corrected chi connectivity index (χ4v) is 3.70. The lowest BCUT2D eigenvalue weighted by Gasteiger charge is -2.35. The molecule has 0 saturated carbocycles.